The molecule has 0 aromatic heterocycles. The zero-order valence-corrected chi connectivity index (χ0v) is 12.2. The quantitative estimate of drug-likeness (QED) is 0.823. The molecule has 0 saturated carbocycles. The van der Waals surface area contributed by atoms with Crippen molar-refractivity contribution >= 4 is 21.6 Å². The van der Waals surface area contributed by atoms with E-state index in [1.165, 1.54) is 4.90 Å². The molecule has 2 rings (SSSR count). The fourth-order valence-electron chi connectivity index (χ4n) is 2.21. The Morgan fingerprint density at radius 3 is 2.35 bits per heavy atom. The smallest absolute Gasteiger partial charge is 0.369 e. The van der Waals surface area contributed by atoms with Gasteiger partial charge in [-0.25, -0.2) is 0 Å². The molecule has 3 nitrogen and oxygen atoms in total. The summed E-state index contributed by atoms with van der Waals surface area (Å²) in [5.74, 6) is 0. The SMILES string of the molecule is N#Cc1ccc(N2CCN(CC(F)(F)F)CC2)cc1Br. The van der Waals surface area contributed by atoms with Crippen molar-refractivity contribution in [3.63, 3.8) is 0 Å². The van der Waals surface area contributed by atoms with Crippen LogP contribution in [0.4, 0.5) is 18.9 Å². The zero-order chi connectivity index (χ0) is 14.8. The van der Waals surface area contributed by atoms with E-state index in [1.807, 2.05) is 17.0 Å². The Kier molecular flexibility index (Phi) is 4.55. The minimum Gasteiger partial charge on any atom is -0.369 e. The molecule has 0 bridgehead atoms. The molecule has 1 aromatic rings. The summed E-state index contributed by atoms with van der Waals surface area (Å²) < 4.78 is 37.6. The predicted octanol–water partition coefficient (Wildman–Crippen LogP) is 3.01. The molecule has 1 saturated heterocycles. The fourth-order valence-corrected chi connectivity index (χ4v) is 2.66. The van der Waals surface area contributed by atoms with E-state index in [-0.39, 0.29) is 0 Å². The Bertz CT molecular complexity index is 517. The van der Waals surface area contributed by atoms with Crippen LogP contribution in [-0.4, -0.2) is 43.8 Å². The first kappa shape index (κ1) is 15.1. The third-order valence-electron chi connectivity index (χ3n) is 3.21. The maximum absolute atomic E-state index is 12.3. The van der Waals surface area contributed by atoms with Gasteiger partial charge in [0.2, 0.25) is 0 Å². The van der Waals surface area contributed by atoms with Crippen molar-refractivity contribution < 1.29 is 13.2 Å². The number of alkyl halides is 3. The number of hydrogen-bond donors (Lipinski definition) is 0. The molecule has 0 N–H and O–H groups in total. The van der Waals surface area contributed by atoms with Gasteiger partial charge >= 0.3 is 6.18 Å². The summed E-state index contributed by atoms with van der Waals surface area (Å²) in [4.78, 5) is 3.44. The van der Waals surface area contributed by atoms with E-state index in [4.69, 9.17) is 5.26 Å². The maximum Gasteiger partial charge on any atom is 0.401 e. The molecule has 1 aliphatic rings. The highest BCUT2D eigenvalue weighted by molar-refractivity contribution is 9.10. The van der Waals surface area contributed by atoms with Crippen LogP contribution >= 0.6 is 15.9 Å². The molecule has 0 radical (unpaired) electrons. The Labute approximate surface area is 123 Å². The molecule has 1 fully saturated rings. The number of piperazine rings is 1. The summed E-state index contributed by atoms with van der Waals surface area (Å²) >= 11 is 3.32. The van der Waals surface area contributed by atoms with Crippen LogP contribution in [-0.2, 0) is 0 Å². The molecule has 0 unspecified atom stereocenters. The topological polar surface area (TPSA) is 30.3 Å². The standard InChI is InChI=1S/C13H13BrF3N3/c14-12-7-11(2-1-10(12)8-18)20-5-3-19(4-6-20)9-13(15,16)17/h1-2,7H,3-6,9H2. The van der Waals surface area contributed by atoms with Gasteiger partial charge in [0.05, 0.1) is 12.1 Å². The molecule has 1 aliphatic heterocycles. The maximum atomic E-state index is 12.3. The lowest BCUT2D eigenvalue weighted by atomic mass is 10.2. The molecule has 7 heteroatoms. The van der Waals surface area contributed by atoms with Gasteiger partial charge in [-0.2, -0.15) is 18.4 Å². The molecule has 1 heterocycles. The van der Waals surface area contributed by atoms with Gasteiger partial charge < -0.3 is 4.90 Å². The number of nitrogens with zero attached hydrogens (tertiary/aromatic N) is 3. The van der Waals surface area contributed by atoms with E-state index in [9.17, 15) is 13.2 Å². The first-order valence-corrected chi connectivity index (χ1v) is 6.92. The van der Waals surface area contributed by atoms with E-state index < -0.39 is 12.7 Å². The molecular formula is C13H13BrF3N3. The third-order valence-corrected chi connectivity index (χ3v) is 3.87. The molecule has 1 aromatic carbocycles. The average molecular weight is 348 g/mol. The monoisotopic (exact) mass is 347 g/mol. The van der Waals surface area contributed by atoms with Crippen molar-refractivity contribution in [2.45, 2.75) is 6.18 Å². The first-order valence-electron chi connectivity index (χ1n) is 6.13. The van der Waals surface area contributed by atoms with Crippen LogP contribution in [0.15, 0.2) is 22.7 Å². The number of anilines is 1. The van der Waals surface area contributed by atoms with Crippen LogP contribution in [0.1, 0.15) is 5.56 Å². The molecule has 0 atom stereocenters. The Morgan fingerprint density at radius 1 is 1.20 bits per heavy atom. The normalized spacial score (nSPS) is 17.1. The van der Waals surface area contributed by atoms with Crippen molar-refractivity contribution in [2.75, 3.05) is 37.6 Å². The van der Waals surface area contributed by atoms with Crippen LogP contribution in [0.5, 0.6) is 0 Å². The Morgan fingerprint density at radius 2 is 1.85 bits per heavy atom. The first-order chi connectivity index (χ1) is 9.39. The van der Waals surface area contributed by atoms with Gasteiger partial charge in [0.1, 0.15) is 6.07 Å². The Balaban J connectivity index is 1.97. The van der Waals surface area contributed by atoms with E-state index in [2.05, 4.69) is 22.0 Å². The molecule has 20 heavy (non-hydrogen) atoms. The number of halogens is 4. The second-order valence-corrected chi connectivity index (χ2v) is 5.51. The minimum atomic E-state index is -4.14. The predicted molar refractivity (Wildman–Crippen MR) is 73.6 cm³/mol. The van der Waals surface area contributed by atoms with Crippen LogP contribution in [0.3, 0.4) is 0 Å². The highest BCUT2D eigenvalue weighted by atomic mass is 79.9. The van der Waals surface area contributed by atoms with E-state index in [0.717, 1.165) is 5.69 Å². The summed E-state index contributed by atoms with van der Waals surface area (Å²) in [7, 11) is 0. The summed E-state index contributed by atoms with van der Waals surface area (Å²) in [5, 5.41) is 8.86. The fraction of sp³-hybridized carbons (Fsp3) is 0.462. The number of rotatable bonds is 2. The summed E-state index contributed by atoms with van der Waals surface area (Å²) in [6.07, 6.45) is -4.14. The molecule has 0 spiro atoms. The van der Waals surface area contributed by atoms with Gasteiger partial charge in [-0.3, -0.25) is 4.90 Å². The molecule has 108 valence electrons. The summed E-state index contributed by atoms with van der Waals surface area (Å²) in [6, 6.07) is 7.42. The van der Waals surface area contributed by atoms with Crippen LogP contribution in [0, 0.1) is 11.3 Å². The minimum absolute atomic E-state index is 0.386. The lowest BCUT2D eigenvalue weighted by Gasteiger charge is -2.36. The number of nitriles is 1. The van der Waals surface area contributed by atoms with Crippen molar-refractivity contribution in [1.82, 2.24) is 4.90 Å². The van der Waals surface area contributed by atoms with Crippen molar-refractivity contribution in [3.8, 4) is 6.07 Å². The molecule has 0 amide bonds. The number of benzene rings is 1. The highest BCUT2D eigenvalue weighted by Gasteiger charge is 2.32. The molecular weight excluding hydrogens is 335 g/mol. The second-order valence-electron chi connectivity index (χ2n) is 4.65. The lowest BCUT2D eigenvalue weighted by Crippen LogP contribution is -2.49. The number of hydrogen-bond acceptors (Lipinski definition) is 3. The third kappa shape index (κ3) is 3.87. The van der Waals surface area contributed by atoms with Gasteiger partial charge in [-0.05, 0) is 34.1 Å². The van der Waals surface area contributed by atoms with Crippen molar-refractivity contribution in [1.29, 1.82) is 5.26 Å². The van der Waals surface area contributed by atoms with Gasteiger partial charge in [-0.15, -0.1) is 0 Å². The van der Waals surface area contributed by atoms with Gasteiger partial charge in [0.25, 0.3) is 0 Å². The highest BCUT2D eigenvalue weighted by Crippen LogP contribution is 2.25. The zero-order valence-electron chi connectivity index (χ0n) is 10.6. The van der Waals surface area contributed by atoms with Gasteiger partial charge in [-0.1, -0.05) is 0 Å². The van der Waals surface area contributed by atoms with Crippen molar-refractivity contribution in [2.24, 2.45) is 0 Å². The Hall–Kier alpha value is -1.26. The summed E-state index contributed by atoms with van der Waals surface area (Å²) in [5.41, 5.74) is 1.46. The molecule has 0 aliphatic carbocycles. The lowest BCUT2D eigenvalue weighted by molar-refractivity contribution is -0.146. The van der Waals surface area contributed by atoms with Gasteiger partial charge in [0, 0.05) is 36.3 Å². The average Bonchev–Trinajstić information content (AvgIpc) is 2.37. The van der Waals surface area contributed by atoms with Crippen molar-refractivity contribution in [3.05, 3.63) is 28.2 Å². The van der Waals surface area contributed by atoms with E-state index in [1.54, 1.807) is 6.07 Å². The van der Waals surface area contributed by atoms with Gasteiger partial charge in [0.15, 0.2) is 0 Å². The van der Waals surface area contributed by atoms with E-state index in [0.29, 0.717) is 36.2 Å². The van der Waals surface area contributed by atoms with Crippen LogP contribution < -0.4 is 4.90 Å². The van der Waals surface area contributed by atoms with E-state index >= 15 is 0 Å². The largest absolute Gasteiger partial charge is 0.401 e. The summed E-state index contributed by atoms with van der Waals surface area (Å²) in [6.45, 7) is 1.02. The second kappa shape index (κ2) is 6.02. The van der Waals surface area contributed by atoms with Crippen LogP contribution in [0.2, 0.25) is 0 Å². The van der Waals surface area contributed by atoms with Crippen LogP contribution in [0.25, 0.3) is 0 Å².